The smallest absolute Gasteiger partial charge is 0.319 e. The normalized spacial score (nSPS) is 11.8. The molecule has 0 fully saturated rings. The Morgan fingerprint density at radius 1 is 1.00 bits per heavy atom. The van der Waals surface area contributed by atoms with Gasteiger partial charge in [0.2, 0.25) is 0 Å². The third-order valence-electron chi connectivity index (χ3n) is 5.25. The standard InChI is InChI=1S/C23H16F6N4O/c1-11-21(12(2)33(32-11)10-13-6-7-15(24)17(26)8-13)31-22(34)14-9-19(23(27,28)29)30-18-5-3-4-16(25)20(14)18/h3-9H,10H2,1-2H3,(H,31,34). The maximum absolute atomic E-state index is 14.5. The lowest BCUT2D eigenvalue weighted by molar-refractivity contribution is -0.141. The van der Waals surface area contributed by atoms with Gasteiger partial charge in [0, 0.05) is 5.39 Å². The van der Waals surface area contributed by atoms with Crippen LogP contribution in [-0.2, 0) is 12.7 Å². The molecule has 1 amide bonds. The number of carbonyl (C=O) groups is 1. The molecule has 2 heterocycles. The maximum Gasteiger partial charge on any atom is 0.433 e. The van der Waals surface area contributed by atoms with Gasteiger partial charge in [0.15, 0.2) is 11.6 Å². The molecule has 0 saturated heterocycles. The summed E-state index contributed by atoms with van der Waals surface area (Å²) >= 11 is 0. The molecule has 1 N–H and O–H groups in total. The average molecular weight is 478 g/mol. The van der Waals surface area contributed by atoms with Gasteiger partial charge in [-0.05, 0) is 49.7 Å². The first kappa shape index (κ1) is 23.3. The minimum Gasteiger partial charge on any atom is -0.319 e. The molecule has 34 heavy (non-hydrogen) atoms. The van der Waals surface area contributed by atoms with Crippen LogP contribution in [0.1, 0.15) is 33.0 Å². The number of halogens is 6. The highest BCUT2D eigenvalue weighted by molar-refractivity contribution is 6.13. The van der Waals surface area contributed by atoms with Gasteiger partial charge < -0.3 is 5.32 Å². The summed E-state index contributed by atoms with van der Waals surface area (Å²) in [6.07, 6.45) is -4.85. The molecule has 4 aromatic rings. The van der Waals surface area contributed by atoms with Gasteiger partial charge in [-0.15, -0.1) is 0 Å². The number of hydrogen-bond donors (Lipinski definition) is 1. The van der Waals surface area contributed by atoms with Crippen molar-refractivity contribution >= 4 is 22.5 Å². The van der Waals surface area contributed by atoms with Gasteiger partial charge in [0.05, 0.1) is 34.7 Å². The van der Waals surface area contributed by atoms with Gasteiger partial charge in [-0.3, -0.25) is 9.48 Å². The maximum atomic E-state index is 14.5. The van der Waals surface area contributed by atoms with Crippen molar-refractivity contribution in [2.45, 2.75) is 26.6 Å². The number of fused-ring (bicyclic) bond motifs is 1. The summed E-state index contributed by atoms with van der Waals surface area (Å²) in [4.78, 5) is 16.5. The molecule has 0 aliphatic rings. The van der Waals surface area contributed by atoms with Crippen LogP contribution in [0, 0.1) is 31.3 Å². The van der Waals surface area contributed by atoms with Gasteiger partial charge >= 0.3 is 6.18 Å². The van der Waals surface area contributed by atoms with Crippen molar-refractivity contribution in [3.63, 3.8) is 0 Å². The number of pyridine rings is 1. The number of aryl methyl sites for hydroxylation is 1. The van der Waals surface area contributed by atoms with E-state index in [1.54, 1.807) is 13.8 Å². The second-order valence-corrected chi connectivity index (χ2v) is 7.59. The third-order valence-corrected chi connectivity index (χ3v) is 5.25. The zero-order valence-electron chi connectivity index (χ0n) is 17.8. The Hall–Kier alpha value is -3.89. The first-order valence-corrected chi connectivity index (χ1v) is 9.91. The van der Waals surface area contributed by atoms with Crippen LogP contribution < -0.4 is 5.32 Å². The Balaban J connectivity index is 1.71. The molecule has 4 rings (SSSR count). The van der Waals surface area contributed by atoms with Crippen molar-refractivity contribution in [1.29, 1.82) is 0 Å². The number of amides is 1. The van der Waals surface area contributed by atoms with E-state index >= 15 is 0 Å². The van der Waals surface area contributed by atoms with E-state index in [0.29, 0.717) is 23.0 Å². The summed E-state index contributed by atoms with van der Waals surface area (Å²) in [5, 5.41) is 6.41. The summed E-state index contributed by atoms with van der Waals surface area (Å²) in [7, 11) is 0. The molecule has 0 unspecified atom stereocenters. The predicted molar refractivity (Wildman–Crippen MR) is 112 cm³/mol. The fraction of sp³-hybridized carbons (Fsp3) is 0.174. The van der Waals surface area contributed by atoms with Crippen LogP contribution in [0.15, 0.2) is 42.5 Å². The molecule has 0 spiro atoms. The van der Waals surface area contributed by atoms with E-state index in [0.717, 1.165) is 18.2 Å². The quantitative estimate of drug-likeness (QED) is 0.378. The van der Waals surface area contributed by atoms with E-state index < -0.39 is 40.8 Å². The number of nitrogens with one attached hydrogen (secondary N) is 1. The lowest BCUT2D eigenvalue weighted by Gasteiger charge is -2.13. The second-order valence-electron chi connectivity index (χ2n) is 7.59. The Bertz CT molecular complexity index is 1430. The van der Waals surface area contributed by atoms with Crippen LogP contribution in [0.2, 0.25) is 0 Å². The van der Waals surface area contributed by atoms with E-state index in [1.165, 1.54) is 22.9 Å². The first-order valence-electron chi connectivity index (χ1n) is 9.91. The summed E-state index contributed by atoms with van der Waals surface area (Å²) in [5.41, 5.74) is -0.862. The number of nitrogens with zero attached hydrogens (tertiary/aromatic N) is 3. The molecule has 0 aliphatic carbocycles. The highest BCUT2D eigenvalue weighted by atomic mass is 19.4. The zero-order valence-corrected chi connectivity index (χ0v) is 17.8. The minimum absolute atomic E-state index is 0.0464. The number of carbonyl (C=O) groups excluding carboxylic acids is 1. The van der Waals surface area contributed by atoms with E-state index in [1.807, 2.05) is 0 Å². The summed E-state index contributed by atoms with van der Waals surface area (Å²) < 4.78 is 82.6. The van der Waals surface area contributed by atoms with Crippen molar-refractivity contribution in [2.75, 3.05) is 5.32 Å². The number of anilines is 1. The van der Waals surface area contributed by atoms with Crippen molar-refractivity contribution < 1.29 is 31.1 Å². The minimum atomic E-state index is -4.85. The molecule has 0 aliphatic heterocycles. The molecule has 11 heteroatoms. The molecule has 0 saturated carbocycles. The van der Waals surface area contributed by atoms with Crippen molar-refractivity contribution in [2.24, 2.45) is 0 Å². The van der Waals surface area contributed by atoms with Gasteiger partial charge in [-0.25, -0.2) is 18.2 Å². The SMILES string of the molecule is Cc1nn(Cc2ccc(F)c(F)c2)c(C)c1NC(=O)c1cc(C(F)(F)F)nc2cccc(F)c12. The van der Waals surface area contributed by atoms with Crippen LogP contribution in [0.4, 0.5) is 32.0 Å². The molecule has 0 atom stereocenters. The molecule has 0 bridgehead atoms. The molecular formula is C23H16F6N4O. The van der Waals surface area contributed by atoms with Crippen molar-refractivity contribution in [3.8, 4) is 0 Å². The lowest BCUT2D eigenvalue weighted by atomic mass is 10.1. The molecule has 2 aromatic heterocycles. The predicted octanol–water partition coefficient (Wildman–Crippen LogP) is 5.78. The van der Waals surface area contributed by atoms with Gasteiger partial charge in [-0.2, -0.15) is 18.3 Å². The van der Waals surface area contributed by atoms with Gasteiger partial charge in [0.25, 0.3) is 5.91 Å². The molecule has 176 valence electrons. The van der Waals surface area contributed by atoms with Crippen LogP contribution in [0.25, 0.3) is 10.9 Å². The number of aromatic nitrogens is 3. The molecular weight excluding hydrogens is 462 g/mol. The van der Waals surface area contributed by atoms with Crippen LogP contribution in [-0.4, -0.2) is 20.7 Å². The Morgan fingerprint density at radius 2 is 1.74 bits per heavy atom. The summed E-state index contributed by atoms with van der Waals surface area (Å²) in [6.45, 7) is 3.18. The number of benzene rings is 2. The fourth-order valence-electron chi connectivity index (χ4n) is 3.59. The summed E-state index contributed by atoms with van der Waals surface area (Å²) in [6, 6.07) is 7.25. The molecule has 0 radical (unpaired) electrons. The van der Waals surface area contributed by atoms with E-state index in [9.17, 15) is 31.1 Å². The van der Waals surface area contributed by atoms with Crippen LogP contribution in [0.3, 0.4) is 0 Å². The van der Waals surface area contributed by atoms with E-state index in [4.69, 9.17) is 0 Å². The Kier molecular flexibility index (Phi) is 5.80. The van der Waals surface area contributed by atoms with Crippen molar-refractivity contribution in [3.05, 3.63) is 88.1 Å². The third kappa shape index (κ3) is 4.33. The van der Waals surface area contributed by atoms with Gasteiger partial charge in [0.1, 0.15) is 11.5 Å². The highest BCUT2D eigenvalue weighted by Crippen LogP contribution is 2.32. The fourth-order valence-corrected chi connectivity index (χ4v) is 3.59. The number of rotatable bonds is 4. The zero-order chi connectivity index (χ0) is 24.8. The monoisotopic (exact) mass is 478 g/mol. The second kappa shape index (κ2) is 8.47. The average Bonchev–Trinajstić information content (AvgIpc) is 3.02. The highest BCUT2D eigenvalue weighted by Gasteiger charge is 2.34. The topological polar surface area (TPSA) is 59.8 Å². The Labute approximate surface area is 189 Å². The lowest BCUT2D eigenvalue weighted by Crippen LogP contribution is -2.17. The van der Waals surface area contributed by atoms with Crippen LogP contribution in [0.5, 0.6) is 0 Å². The largest absolute Gasteiger partial charge is 0.433 e. The first-order chi connectivity index (χ1) is 16.0. The number of alkyl halides is 3. The van der Waals surface area contributed by atoms with E-state index in [-0.39, 0.29) is 23.1 Å². The van der Waals surface area contributed by atoms with Crippen molar-refractivity contribution in [1.82, 2.24) is 14.8 Å². The van der Waals surface area contributed by atoms with Crippen LogP contribution >= 0.6 is 0 Å². The molecule has 5 nitrogen and oxygen atoms in total. The van der Waals surface area contributed by atoms with E-state index in [2.05, 4.69) is 15.4 Å². The van der Waals surface area contributed by atoms with Gasteiger partial charge in [-0.1, -0.05) is 12.1 Å². The summed E-state index contributed by atoms with van der Waals surface area (Å²) in [5.74, 6) is -3.91. The number of hydrogen-bond acceptors (Lipinski definition) is 3. The Morgan fingerprint density at radius 3 is 2.41 bits per heavy atom. The molecule has 2 aromatic carbocycles.